The van der Waals surface area contributed by atoms with Gasteiger partial charge in [-0.05, 0) is 12.1 Å². The lowest BCUT2D eigenvalue weighted by Gasteiger charge is -2.11. The van der Waals surface area contributed by atoms with Crippen LogP contribution in [0.5, 0.6) is 5.75 Å². The number of nitrogen functional groups attached to an aromatic ring is 1. The smallest absolute Gasteiger partial charge is 0.238 e. The first-order chi connectivity index (χ1) is 7.10. The summed E-state index contributed by atoms with van der Waals surface area (Å²) in [4.78, 5) is 11.1. The van der Waals surface area contributed by atoms with E-state index in [1.54, 1.807) is 12.1 Å². The number of nitrogens with one attached hydrogen (secondary N) is 1. The average Bonchev–Trinajstić information content (AvgIpc) is 2.24. The molecule has 6 heteroatoms. The highest BCUT2D eigenvalue weighted by atomic mass is 79.9. The predicted molar refractivity (Wildman–Crippen MR) is 61.1 cm³/mol. The minimum Gasteiger partial charge on any atom is -0.495 e. The molecule has 0 aromatic heterocycles. The van der Waals surface area contributed by atoms with E-state index in [1.165, 1.54) is 7.11 Å². The Morgan fingerprint density at radius 3 is 2.80 bits per heavy atom. The van der Waals surface area contributed by atoms with E-state index in [0.29, 0.717) is 17.0 Å². The van der Waals surface area contributed by atoms with E-state index in [-0.39, 0.29) is 12.3 Å². The Balaban J connectivity index is 3.09. The van der Waals surface area contributed by atoms with Gasteiger partial charge < -0.3 is 10.5 Å². The molecule has 1 rings (SSSR count). The molecule has 82 valence electrons. The fourth-order valence-electron chi connectivity index (χ4n) is 1.19. The van der Waals surface area contributed by atoms with Gasteiger partial charge in [0.05, 0.1) is 19.2 Å². The van der Waals surface area contributed by atoms with Crippen molar-refractivity contribution in [3.63, 3.8) is 0 Å². The second-order valence-electron chi connectivity index (χ2n) is 2.89. The van der Waals surface area contributed by atoms with Crippen molar-refractivity contribution in [2.75, 3.05) is 12.8 Å². The molecule has 1 amide bonds. The second kappa shape index (κ2) is 4.99. The number of rotatable bonds is 3. The largest absolute Gasteiger partial charge is 0.495 e. The number of ether oxygens (including phenoxy) is 1. The maximum absolute atomic E-state index is 11.1. The van der Waals surface area contributed by atoms with Crippen molar-refractivity contribution < 1.29 is 9.53 Å². The highest BCUT2D eigenvalue weighted by molar-refractivity contribution is 9.10. The Morgan fingerprint density at radius 1 is 1.60 bits per heavy atom. The van der Waals surface area contributed by atoms with Gasteiger partial charge in [-0.25, -0.2) is 5.84 Å². The number of carbonyl (C=O) groups excluding carboxylic acids is 1. The summed E-state index contributed by atoms with van der Waals surface area (Å²) >= 11 is 3.31. The Bertz CT molecular complexity index is 382. The van der Waals surface area contributed by atoms with Crippen LogP contribution in [0.2, 0.25) is 0 Å². The molecular formula is C9H12BrN3O2. The van der Waals surface area contributed by atoms with Crippen molar-refractivity contribution in [3.05, 3.63) is 22.2 Å². The molecule has 0 aliphatic rings. The van der Waals surface area contributed by atoms with Crippen LogP contribution >= 0.6 is 15.9 Å². The van der Waals surface area contributed by atoms with Gasteiger partial charge in [0, 0.05) is 10.0 Å². The van der Waals surface area contributed by atoms with Crippen LogP contribution < -0.4 is 21.7 Å². The summed E-state index contributed by atoms with van der Waals surface area (Å²) < 4.78 is 5.80. The normalized spacial score (nSPS) is 9.80. The Labute approximate surface area is 95.9 Å². The summed E-state index contributed by atoms with van der Waals surface area (Å²) in [5, 5.41) is 0. The molecule has 0 saturated carbocycles. The summed E-state index contributed by atoms with van der Waals surface area (Å²) in [6.45, 7) is 0. The fourth-order valence-corrected chi connectivity index (χ4v) is 1.67. The number of anilines is 1. The standard InChI is InChI=1S/C9H12BrN3O2/c1-15-7-3-2-6(10)5(9(7)11)4-8(14)13-12/h2-3H,4,11-12H2,1H3,(H,13,14). The molecule has 0 atom stereocenters. The van der Waals surface area contributed by atoms with Gasteiger partial charge in [-0.1, -0.05) is 15.9 Å². The average molecular weight is 274 g/mol. The van der Waals surface area contributed by atoms with Gasteiger partial charge in [-0.2, -0.15) is 0 Å². The summed E-state index contributed by atoms with van der Waals surface area (Å²) in [6, 6.07) is 3.50. The molecule has 0 spiro atoms. The maximum atomic E-state index is 11.1. The van der Waals surface area contributed by atoms with Crippen LogP contribution in [0.25, 0.3) is 0 Å². The van der Waals surface area contributed by atoms with Crippen LogP contribution in [-0.2, 0) is 11.2 Å². The third-order valence-corrected chi connectivity index (χ3v) is 2.72. The van der Waals surface area contributed by atoms with Crippen LogP contribution in [0.1, 0.15) is 5.56 Å². The molecule has 1 aromatic carbocycles. The highest BCUT2D eigenvalue weighted by Crippen LogP contribution is 2.31. The van der Waals surface area contributed by atoms with Gasteiger partial charge in [0.2, 0.25) is 5.91 Å². The Kier molecular flexibility index (Phi) is 3.93. The van der Waals surface area contributed by atoms with Crippen LogP contribution in [0.15, 0.2) is 16.6 Å². The van der Waals surface area contributed by atoms with E-state index in [9.17, 15) is 4.79 Å². The van der Waals surface area contributed by atoms with Crippen LogP contribution in [-0.4, -0.2) is 13.0 Å². The van der Waals surface area contributed by atoms with Gasteiger partial charge in [0.1, 0.15) is 5.75 Å². The second-order valence-corrected chi connectivity index (χ2v) is 3.74. The molecule has 0 heterocycles. The molecule has 0 unspecified atom stereocenters. The number of carbonyl (C=O) groups is 1. The zero-order valence-electron chi connectivity index (χ0n) is 8.21. The van der Waals surface area contributed by atoms with E-state index in [0.717, 1.165) is 4.47 Å². The van der Waals surface area contributed by atoms with Crippen LogP contribution in [0.3, 0.4) is 0 Å². The van der Waals surface area contributed by atoms with Gasteiger partial charge in [0.15, 0.2) is 0 Å². The lowest BCUT2D eigenvalue weighted by atomic mass is 10.1. The minimum absolute atomic E-state index is 0.111. The summed E-state index contributed by atoms with van der Waals surface area (Å²) in [5.41, 5.74) is 8.98. The fraction of sp³-hybridized carbons (Fsp3) is 0.222. The van der Waals surface area contributed by atoms with Crippen molar-refractivity contribution in [2.45, 2.75) is 6.42 Å². The third-order valence-electron chi connectivity index (χ3n) is 1.98. The van der Waals surface area contributed by atoms with Gasteiger partial charge in [0.25, 0.3) is 0 Å². The first-order valence-corrected chi connectivity index (χ1v) is 4.99. The number of nitrogens with two attached hydrogens (primary N) is 2. The predicted octanol–water partition coefficient (Wildman–Crippen LogP) is 0.572. The van der Waals surface area contributed by atoms with E-state index in [4.69, 9.17) is 16.3 Å². The SMILES string of the molecule is COc1ccc(Br)c(CC(=O)NN)c1N. The number of amides is 1. The van der Waals surface area contributed by atoms with E-state index in [1.807, 2.05) is 5.43 Å². The van der Waals surface area contributed by atoms with Crippen molar-refractivity contribution >= 4 is 27.5 Å². The summed E-state index contributed by atoms with van der Waals surface area (Å²) in [7, 11) is 1.52. The van der Waals surface area contributed by atoms with Crippen LogP contribution in [0.4, 0.5) is 5.69 Å². The number of hydrazine groups is 1. The number of hydrogen-bond donors (Lipinski definition) is 3. The molecule has 5 nitrogen and oxygen atoms in total. The van der Waals surface area contributed by atoms with E-state index < -0.39 is 0 Å². The van der Waals surface area contributed by atoms with Gasteiger partial charge in [-0.3, -0.25) is 10.2 Å². The third kappa shape index (κ3) is 2.60. The molecular weight excluding hydrogens is 262 g/mol. The van der Waals surface area contributed by atoms with Crippen molar-refractivity contribution in [3.8, 4) is 5.75 Å². The zero-order valence-corrected chi connectivity index (χ0v) is 9.80. The highest BCUT2D eigenvalue weighted by Gasteiger charge is 2.12. The van der Waals surface area contributed by atoms with Crippen molar-refractivity contribution in [1.82, 2.24) is 5.43 Å². The monoisotopic (exact) mass is 273 g/mol. The molecule has 0 aliphatic carbocycles. The van der Waals surface area contributed by atoms with E-state index >= 15 is 0 Å². The molecule has 1 aromatic rings. The number of methoxy groups -OCH3 is 1. The summed E-state index contributed by atoms with van der Waals surface area (Å²) in [5.74, 6) is 5.23. The molecule has 0 saturated heterocycles. The molecule has 15 heavy (non-hydrogen) atoms. The molecule has 5 N–H and O–H groups in total. The molecule has 0 fully saturated rings. The first kappa shape index (κ1) is 11.8. The van der Waals surface area contributed by atoms with Crippen LogP contribution in [0, 0.1) is 0 Å². The maximum Gasteiger partial charge on any atom is 0.238 e. The Hall–Kier alpha value is -1.27. The molecule has 0 bridgehead atoms. The number of hydrogen-bond acceptors (Lipinski definition) is 4. The zero-order chi connectivity index (χ0) is 11.4. The van der Waals surface area contributed by atoms with E-state index in [2.05, 4.69) is 15.9 Å². The number of benzene rings is 1. The van der Waals surface area contributed by atoms with Gasteiger partial charge in [-0.15, -0.1) is 0 Å². The lowest BCUT2D eigenvalue weighted by Crippen LogP contribution is -2.31. The first-order valence-electron chi connectivity index (χ1n) is 4.20. The minimum atomic E-state index is -0.310. The van der Waals surface area contributed by atoms with Crippen molar-refractivity contribution in [1.29, 1.82) is 0 Å². The quantitative estimate of drug-likeness (QED) is 0.325. The topological polar surface area (TPSA) is 90.4 Å². The molecule has 0 radical (unpaired) electrons. The lowest BCUT2D eigenvalue weighted by molar-refractivity contribution is -0.120. The molecule has 0 aliphatic heterocycles. The number of halogens is 1. The van der Waals surface area contributed by atoms with Gasteiger partial charge >= 0.3 is 0 Å². The van der Waals surface area contributed by atoms with Crippen molar-refractivity contribution in [2.24, 2.45) is 5.84 Å². The summed E-state index contributed by atoms with van der Waals surface area (Å²) in [6.07, 6.45) is 0.111. The Morgan fingerprint density at radius 2 is 2.27 bits per heavy atom.